The Kier molecular flexibility index (Phi) is 4.26. The molecule has 1 aliphatic rings. The van der Waals surface area contributed by atoms with Gasteiger partial charge in [0.05, 0.1) is 6.61 Å². The van der Waals surface area contributed by atoms with Crippen LogP contribution in [0.3, 0.4) is 0 Å². The molecular weight excluding hydrogens is 158 g/mol. The minimum absolute atomic E-state index is 0.633. The average Bonchev–Trinajstić information content (AvgIpc) is 2.04. The molecule has 0 bridgehead atoms. The van der Waals surface area contributed by atoms with Crippen molar-refractivity contribution in [3.05, 3.63) is 0 Å². The van der Waals surface area contributed by atoms with E-state index in [2.05, 4.69) is 17.5 Å². The summed E-state index contributed by atoms with van der Waals surface area (Å²) < 4.78 is 5.01. The highest BCUT2D eigenvalue weighted by Gasteiger charge is 2.14. The van der Waals surface area contributed by atoms with E-state index in [0.29, 0.717) is 5.25 Å². The van der Waals surface area contributed by atoms with Crippen molar-refractivity contribution in [2.45, 2.75) is 18.1 Å². The van der Waals surface area contributed by atoms with Gasteiger partial charge in [-0.1, -0.05) is 0 Å². The highest BCUT2D eigenvalue weighted by molar-refractivity contribution is 7.80. The molecule has 0 aromatic carbocycles. The predicted molar refractivity (Wildman–Crippen MR) is 50.3 cm³/mol. The van der Waals surface area contributed by atoms with Gasteiger partial charge in [0.15, 0.2) is 0 Å². The lowest BCUT2D eigenvalue weighted by Crippen LogP contribution is -2.36. The first-order chi connectivity index (χ1) is 5.33. The van der Waals surface area contributed by atoms with Gasteiger partial charge in [0.25, 0.3) is 0 Å². The summed E-state index contributed by atoms with van der Waals surface area (Å²) in [5.74, 6) is 0. The number of methoxy groups -OCH3 is 1. The molecule has 1 heterocycles. The van der Waals surface area contributed by atoms with Crippen molar-refractivity contribution in [1.29, 1.82) is 0 Å². The van der Waals surface area contributed by atoms with Gasteiger partial charge < -0.3 is 9.64 Å². The van der Waals surface area contributed by atoms with Gasteiger partial charge in [0.2, 0.25) is 0 Å². The topological polar surface area (TPSA) is 12.5 Å². The Labute approximate surface area is 74.3 Å². The van der Waals surface area contributed by atoms with Crippen molar-refractivity contribution in [3.8, 4) is 0 Å². The minimum atomic E-state index is 0.633. The monoisotopic (exact) mass is 175 g/mol. The first-order valence-electron chi connectivity index (χ1n) is 4.22. The van der Waals surface area contributed by atoms with E-state index in [1.54, 1.807) is 7.11 Å². The third-order valence-corrected chi connectivity index (χ3v) is 2.69. The van der Waals surface area contributed by atoms with E-state index in [1.165, 1.54) is 25.9 Å². The number of likely N-dealkylation sites (tertiary alicyclic amines) is 1. The molecule has 1 saturated heterocycles. The quantitative estimate of drug-likeness (QED) is 0.643. The van der Waals surface area contributed by atoms with Crippen LogP contribution in [0, 0.1) is 0 Å². The smallest absolute Gasteiger partial charge is 0.0589 e. The first kappa shape index (κ1) is 9.36. The molecule has 1 rings (SSSR count). The molecular formula is C8H17NOS. The number of hydrogen-bond donors (Lipinski definition) is 1. The van der Waals surface area contributed by atoms with Gasteiger partial charge >= 0.3 is 0 Å². The lowest BCUT2D eigenvalue weighted by Gasteiger charge is -2.29. The Hall–Kier alpha value is 0.270. The normalized spacial score (nSPS) is 22.4. The van der Waals surface area contributed by atoms with Crippen molar-refractivity contribution in [2.75, 3.05) is 33.4 Å². The van der Waals surface area contributed by atoms with E-state index in [-0.39, 0.29) is 0 Å². The molecule has 1 fully saturated rings. The number of hydrogen-bond acceptors (Lipinski definition) is 3. The third-order valence-electron chi connectivity index (χ3n) is 2.17. The van der Waals surface area contributed by atoms with E-state index in [9.17, 15) is 0 Å². The summed E-state index contributed by atoms with van der Waals surface area (Å²) in [6.07, 6.45) is 2.46. The molecule has 0 unspecified atom stereocenters. The number of piperidine rings is 1. The molecule has 66 valence electrons. The molecule has 3 heteroatoms. The lowest BCUT2D eigenvalue weighted by molar-refractivity contribution is 0.136. The average molecular weight is 175 g/mol. The number of thiol groups is 1. The van der Waals surface area contributed by atoms with Gasteiger partial charge in [-0.3, -0.25) is 0 Å². The zero-order valence-electron chi connectivity index (χ0n) is 7.12. The standard InChI is InChI=1S/C8H17NOS/c1-10-7-6-9-4-2-8(11)3-5-9/h8,11H,2-7H2,1H3. The number of nitrogens with zero attached hydrogens (tertiary/aromatic N) is 1. The maximum absolute atomic E-state index is 5.01. The Morgan fingerprint density at radius 2 is 2.09 bits per heavy atom. The van der Waals surface area contributed by atoms with E-state index in [4.69, 9.17) is 4.74 Å². The van der Waals surface area contributed by atoms with Gasteiger partial charge in [-0.15, -0.1) is 0 Å². The van der Waals surface area contributed by atoms with Gasteiger partial charge in [-0.25, -0.2) is 0 Å². The van der Waals surface area contributed by atoms with E-state index in [0.717, 1.165) is 13.2 Å². The fourth-order valence-corrected chi connectivity index (χ4v) is 1.59. The second-order valence-corrected chi connectivity index (χ2v) is 3.80. The van der Waals surface area contributed by atoms with Gasteiger partial charge in [0, 0.05) is 18.9 Å². The Morgan fingerprint density at radius 3 is 2.64 bits per heavy atom. The molecule has 0 saturated carbocycles. The SMILES string of the molecule is COCCN1CCC(S)CC1. The zero-order chi connectivity index (χ0) is 8.10. The fraction of sp³-hybridized carbons (Fsp3) is 1.00. The molecule has 0 amide bonds. The third kappa shape index (κ3) is 3.45. The van der Waals surface area contributed by atoms with E-state index in [1.807, 2.05) is 0 Å². The number of ether oxygens (including phenoxy) is 1. The van der Waals surface area contributed by atoms with Crippen LogP contribution in [0.25, 0.3) is 0 Å². The summed E-state index contributed by atoms with van der Waals surface area (Å²) in [6, 6.07) is 0. The first-order valence-corrected chi connectivity index (χ1v) is 4.74. The Morgan fingerprint density at radius 1 is 1.45 bits per heavy atom. The molecule has 0 atom stereocenters. The second-order valence-electron chi connectivity index (χ2n) is 3.07. The van der Waals surface area contributed by atoms with Crippen molar-refractivity contribution < 1.29 is 4.74 Å². The van der Waals surface area contributed by atoms with Gasteiger partial charge in [-0.05, 0) is 25.9 Å². The summed E-state index contributed by atoms with van der Waals surface area (Å²) in [4.78, 5) is 2.44. The number of rotatable bonds is 3. The van der Waals surface area contributed by atoms with Crippen LogP contribution in [0.4, 0.5) is 0 Å². The summed E-state index contributed by atoms with van der Waals surface area (Å²) in [5.41, 5.74) is 0. The van der Waals surface area contributed by atoms with Crippen LogP contribution >= 0.6 is 12.6 Å². The molecule has 2 nitrogen and oxygen atoms in total. The van der Waals surface area contributed by atoms with Crippen LogP contribution in [0.15, 0.2) is 0 Å². The molecule has 1 aliphatic heterocycles. The lowest BCUT2D eigenvalue weighted by atomic mass is 10.1. The van der Waals surface area contributed by atoms with Crippen LogP contribution in [-0.4, -0.2) is 43.5 Å². The van der Waals surface area contributed by atoms with Crippen molar-refractivity contribution in [2.24, 2.45) is 0 Å². The molecule has 0 N–H and O–H groups in total. The highest BCUT2D eigenvalue weighted by atomic mass is 32.1. The van der Waals surface area contributed by atoms with Crippen molar-refractivity contribution >= 4 is 12.6 Å². The zero-order valence-corrected chi connectivity index (χ0v) is 8.02. The molecule has 0 radical (unpaired) electrons. The summed E-state index contributed by atoms with van der Waals surface area (Å²) in [5, 5.41) is 0.633. The van der Waals surface area contributed by atoms with Crippen LogP contribution in [-0.2, 0) is 4.74 Å². The fourth-order valence-electron chi connectivity index (χ4n) is 1.36. The Balaban J connectivity index is 2.07. The molecule has 0 aromatic heterocycles. The molecule has 0 spiro atoms. The largest absolute Gasteiger partial charge is 0.383 e. The van der Waals surface area contributed by atoms with E-state index >= 15 is 0 Å². The van der Waals surface area contributed by atoms with Crippen LogP contribution in [0.5, 0.6) is 0 Å². The maximum Gasteiger partial charge on any atom is 0.0589 e. The molecule has 0 aromatic rings. The minimum Gasteiger partial charge on any atom is -0.383 e. The second kappa shape index (κ2) is 5.01. The van der Waals surface area contributed by atoms with Gasteiger partial charge in [0.1, 0.15) is 0 Å². The Bertz CT molecular complexity index is 99.5. The summed E-state index contributed by atoms with van der Waals surface area (Å²) in [7, 11) is 1.76. The maximum atomic E-state index is 5.01. The van der Waals surface area contributed by atoms with Crippen molar-refractivity contribution in [1.82, 2.24) is 4.90 Å². The van der Waals surface area contributed by atoms with Crippen LogP contribution in [0.2, 0.25) is 0 Å². The van der Waals surface area contributed by atoms with Crippen LogP contribution < -0.4 is 0 Å². The summed E-state index contributed by atoms with van der Waals surface area (Å²) >= 11 is 4.44. The molecule has 0 aliphatic carbocycles. The van der Waals surface area contributed by atoms with Crippen molar-refractivity contribution in [3.63, 3.8) is 0 Å². The summed E-state index contributed by atoms with van der Waals surface area (Å²) in [6.45, 7) is 4.32. The van der Waals surface area contributed by atoms with Gasteiger partial charge in [-0.2, -0.15) is 12.6 Å². The predicted octanol–water partition coefficient (Wildman–Crippen LogP) is 1.03. The van der Waals surface area contributed by atoms with E-state index < -0.39 is 0 Å². The molecule has 11 heavy (non-hydrogen) atoms. The van der Waals surface area contributed by atoms with Crippen LogP contribution in [0.1, 0.15) is 12.8 Å². The highest BCUT2D eigenvalue weighted by Crippen LogP contribution is 2.14.